The van der Waals surface area contributed by atoms with E-state index in [1.54, 1.807) is 11.8 Å². The van der Waals surface area contributed by atoms with E-state index in [9.17, 15) is 14.4 Å². The highest BCUT2D eigenvalue weighted by molar-refractivity contribution is 8.00. The minimum Gasteiger partial charge on any atom is -0.481 e. The second-order valence-electron chi connectivity index (χ2n) is 8.07. The lowest BCUT2D eigenvalue weighted by atomic mass is 9.77. The predicted octanol–water partition coefficient (Wildman–Crippen LogP) is 1.57. The van der Waals surface area contributed by atoms with Gasteiger partial charge in [-0.15, -0.1) is 0 Å². The number of hydrogen-bond acceptors (Lipinski definition) is 7. The highest BCUT2D eigenvalue weighted by atomic mass is 32.2. The van der Waals surface area contributed by atoms with Crippen LogP contribution in [0.15, 0.2) is 0 Å². The van der Waals surface area contributed by atoms with E-state index >= 15 is 0 Å². The predicted molar refractivity (Wildman–Crippen MR) is 104 cm³/mol. The van der Waals surface area contributed by atoms with Crippen molar-refractivity contribution in [3.05, 3.63) is 0 Å². The van der Waals surface area contributed by atoms with E-state index in [-0.39, 0.29) is 5.75 Å². The molecule has 5 N–H and O–H groups in total. The zero-order chi connectivity index (χ0) is 20.2. The van der Waals surface area contributed by atoms with Crippen LogP contribution in [0.4, 0.5) is 0 Å². The number of hydrogen-bond donors (Lipinski definition) is 3. The summed E-state index contributed by atoms with van der Waals surface area (Å²) in [6, 6.07) is -1.33. The molecule has 2 rings (SSSR count). The van der Waals surface area contributed by atoms with Crippen molar-refractivity contribution in [2.24, 2.45) is 29.2 Å². The van der Waals surface area contributed by atoms with Gasteiger partial charge in [0.05, 0.1) is 19.6 Å². The lowest BCUT2D eigenvalue weighted by Gasteiger charge is -2.37. The van der Waals surface area contributed by atoms with Crippen molar-refractivity contribution in [3.8, 4) is 0 Å². The molecule has 0 radical (unpaired) electrons. The number of carboxylic acid groups (broad SMARTS) is 1. The van der Waals surface area contributed by atoms with Gasteiger partial charge in [0.1, 0.15) is 0 Å². The molecule has 0 aromatic carbocycles. The standard InChI is InChI=1S/C19H32N2O5S/c1-11-5-3-4-6-13(11)16(12-7-8-12)27-10-19(21,18(25)26-2)17(24)14(20)9-15(22)23/h11-14,16H,3-10,20-21H2,1-2H3,(H,22,23)/t11?,13?,14-,16?,19+/m0/s1. The molecule has 154 valence electrons. The molecule has 0 aromatic heterocycles. The van der Waals surface area contributed by atoms with Crippen molar-refractivity contribution < 1.29 is 24.2 Å². The Morgan fingerprint density at radius 1 is 1.22 bits per heavy atom. The molecule has 0 spiro atoms. The molecule has 0 aliphatic heterocycles. The van der Waals surface area contributed by atoms with Gasteiger partial charge >= 0.3 is 11.9 Å². The molecule has 0 aromatic rings. The van der Waals surface area contributed by atoms with Gasteiger partial charge in [0.15, 0.2) is 11.3 Å². The third-order valence-corrected chi connectivity index (χ3v) is 7.65. The van der Waals surface area contributed by atoms with E-state index < -0.39 is 35.7 Å². The van der Waals surface area contributed by atoms with Gasteiger partial charge in [-0.05, 0) is 37.0 Å². The number of rotatable bonds is 10. The topological polar surface area (TPSA) is 133 Å². The number of ether oxygens (including phenoxy) is 1. The van der Waals surface area contributed by atoms with Crippen LogP contribution in [0.25, 0.3) is 0 Å². The van der Waals surface area contributed by atoms with Crippen LogP contribution in [0.2, 0.25) is 0 Å². The van der Waals surface area contributed by atoms with Crippen LogP contribution in [-0.4, -0.2) is 52.5 Å². The Balaban J connectivity index is 2.13. The summed E-state index contributed by atoms with van der Waals surface area (Å²) >= 11 is 1.57. The maximum atomic E-state index is 12.7. The number of esters is 1. The summed E-state index contributed by atoms with van der Waals surface area (Å²) in [4.78, 5) is 35.9. The van der Waals surface area contributed by atoms with Crippen molar-refractivity contribution in [1.29, 1.82) is 0 Å². The third kappa shape index (κ3) is 5.45. The first-order chi connectivity index (χ1) is 12.7. The van der Waals surface area contributed by atoms with Crippen molar-refractivity contribution >= 4 is 29.5 Å². The summed E-state index contributed by atoms with van der Waals surface area (Å²) in [5.41, 5.74) is 9.98. The molecule has 5 atom stereocenters. The molecular formula is C19H32N2O5S. The quantitative estimate of drug-likeness (QED) is 0.372. The van der Waals surface area contributed by atoms with Gasteiger partial charge in [0, 0.05) is 11.0 Å². The van der Waals surface area contributed by atoms with Crippen LogP contribution in [0, 0.1) is 17.8 Å². The molecule has 7 nitrogen and oxygen atoms in total. The average molecular weight is 401 g/mol. The van der Waals surface area contributed by atoms with E-state index in [1.165, 1.54) is 39.2 Å². The number of carbonyl (C=O) groups is 3. The number of methoxy groups -OCH3 is 1. The highest BCUT2D eigenvalue weighted by Gasteiger charge is 2.48. The van der Waals surface area contributed by atoms with Crippen LogP contribution in [0.5, 0.6) is 0 Å². The summed E-state index contributed by atoms with van der Waals surface area (Å²) in [6.45, 7) is 2.28. The van der Waals surface area contributed by atoms with E-state index in [4.69, 9.17) is 21.3 Å². The van der Waals surface area contributed by atoms with Crippen LogP contribution >= 0.6 is 11.8 Å². The first-order valence-corrected chi connectivity index (χ1v) is 10.8. The molecule has 0 saturated heterocycles. The Morgan fingerprint density at radius 2 is 1.85 bits per heavy atom. The summed E-state index contributed by atoms with van der Waals surface area (Å²) in [7, 11) is 1.17. The Hall–Kier alpha value is -1.12. The Bertz CT molecular complexity index is 568. The minimum atomic E-state index is -1.92. The molecule has 27 heavy (non-hydrogen) atoms. The number of aliphatic carboxylic acids is 1. The minimum absolute atomic E-state index is 0.0657. The fourth-order valence-electron chi connectivity index (χ4n) is 4.12. The van der Waals surface area contributed by atoms with Crippen LogP contribution < -0.4 is 11.5 Å². The monoisotopic (exact) mass is 400 g/mol. The van der Waals surface area contributed by atoms with E-state index in [2.05, 4.69) is 6.92 Å². The summed E-state index contributed by atoms with van der Waals surface area (Å²) in [5, 5.41) is 9.26. The first-order valence-electron chi connectivity index (χ1n) is 9.71. The molecule has 0 heterocycles. The number of nitrogens with two attached hydrogens (primary N) is 2. The third-order valence-electron chi connectivity index (χ3n) is 5.91. The van der Waals surface area contributed by atoms with Crippen molar-refractivity contribution in [2.75, 3.05) is 12.9 Å². The molecular weight excluding hydrogens is 368 g/mol. The lowest BCUT2D eigenvalue weighted by molar-refractivity contribution is -0.151. The molecule has 0 amide bonds. The second kappa shape index (κ2) is 9.39. The number of carbonyl (C=O) groups excluding carboxylic acids is 2. The van der Waals surface area contributed by atoms with Crippen LogP contribution in [-0.2, 0) is 19.1 Å². The maximum Gasteiger partial charge on any atom is 0.334 e. The molecule has 0 bridgehead atoms. The zero-order valence-electron chi connectivity index (χ0n) is 16.2. The Kier molecular flexibility index (Phi) is 7.71. The fraction of sp³-hybridized carbons (Fsp3) is 0.842. The van der Waals surface area contributed by atoms with Crippen molar-refractivity contribution in [2.45, 2.75) is 68.7 Å². The number of Topliss-reactive ketones (excluding diaryl/α,β-unsaturated/α-hetero) is 1. The molecule has 3 unspecified atom stereocenters. The number of carboxylic acids is 1. The highest BCUT2D eigenvalue weighted by Crippen LogP contribution is 2.48. The van der Waals surface area contributed by atoms with Gasteiger partial charge in [-0.25, -0.2) is 4.79 Å². The molecule has 2 fully saturated rings. The number of ketones is 1. The largest absolute Gasteiger partial charge is 0.481 e. The van der Waals surface area contributed by atoms with E-state index in [1.807, 2.05) is 0 Å². The van der Waals surface area contributed by atoms with Gasteiger partial charge < -0.3 is 21.3 Å². The summed E-state index contributed by atoms with van der Waals surface area (Å²) < 4.78 is 4.77. The van der Waals surface area contributed by atoms with Gasteiger partial charge in [-0.3, -0.25) is 9.59 Å². The molecule has 2 saturated carbocycles. The van der Waals surface area contributed by atoms with Crippen LogP contribution in [0.3, 0.4) is 0 Å². The van der Waals surface area contributed by atoms with Crippen molar-refractivity contribution in [1.82, 2.24) is 0 Å². The van der Waals surface area contributed by atoms with Gasteiger partial charge in [-0.1, -0.05) is 26.2 Å². The summed E-state index contributed by atoms with van der Waals surface area (Å²) in [6.07, 6.45) is 6.62. The molecule has 2 aliphatic carbocycles. The average Bonchev–Trinajstić information content (AvgIpc) is 3.46. The summed E-state index contributed by atoms with van der Waals surface area (Å²) in [5.74, 6) is -0.987. The maximum absolute atomic E-state index is 12.7. The van der Waals surface area contributed by atoms with Crippen LogP contribution in [0.1, 0.15) is 51.9 Å². The van der Waals surface area contributed by atoms with Gasteiger partial charge in [0.25, 0.3) is 0 Å². The lowest BCUT2D eigenvalue weighted by Crippen LogP contribution is -2.63. The number of thioether (sulfide) groups is 1. The van der Waals surface area contributed by atoms with E-state index in [0.29, 0.717) is 23.0 Å². The SMILES string of the molecule is COC(=O)[C@@](N)(CSC(C1CC1)C1CCCCC1C)C(=O)[C@@H](N)CC(=O)O. The van der Waals surface area contributed by atoms with E-state index in [0.717, 1.165) is 6.42 Å². The van der Waals surface area contributed by atoms with Crippen molar-refractivity contribution in [3.63, 3.8) is 0 Å². The Morgan fingerprint density at radius 3 is 2.37 bits per heavy atom. The smallest absolute Gasteiger partial charge is 0.334 e. The zero-order valence-corrected chi connectivity index (χ0v) is 17.0. The normalized spacial score (nSPS) is 27.3. The second-order valence-corrected chi connectivity index (χ2v) is 9.24. The van der Waals surface area contributed by atoms with Gasteiger partial charge in [-0.2, -0.15) is 11.8 Å². The van der Waals surface area contributed by atoms with Gasteiger partial charge in [0.2, 0.25) is 0 Å². The molecule has 2 aliphatic rings. The molecule has 8 heteroatoms. The Labute approximate surface area is 164 Å². The first kappa shape index (κ1) is 22.2. The fourth-order valence-corrected chi connectivity index (χ4v) is 6.03.